The van der Waals surface area contributed by atoms with Crippen LogP contribution in [0, 0.1) is 6.92 Å². The van der Waals surface area contributed by atoms with Crippen molar-refractivity contribution < 1.29 is 23.1 Å². The first-order chi connectivity index (χ1) is 18.6. The van der Waals surface area contributed by atoms with E-state index in [1.165, 1.54) is 17.6 Å². The highest BCUT2D eigenvalue weighted by molar-refractivity contribution is 7.89. The lowest BCUT2D eigenvalue weighted by molar-refractivity contribution is 0.0694. The van der Waals surface area contributed by atoms with Gasteiger partial charge in [0.15, 0.2) is 5.75 Å². The summed E-state index contributed by atoms with van der Waals surface area (Å²) in [7, 11) is -2.15. The summed E-state index contributed by atoms with van der Waals surface area (Å²) in [5.74, 6) is -0.763. The van der Waals surface area contributed by atoms with Gasteiger partial charge in [-0.3, -0.25) is 4.79 Å². The maximum Gasteiger partial charge on any atom is 0.341 e. The molecule has 9 heteroatoms. The number of rotatable bonds is 6. The average molecular weight is 545 g/mol. The van der Waals surface area contributed by atoms with Gasteiger partial charge in [-0.15, -0.1) is 0 Å². The number of ether oxygens (including phenoxy) is 1. The van der Waals surface area contributed by atoms with Gasteiger partial charge in [0.25, 0.3) is 0 Å². The molecule has 3 aromatic carbocycles. The maximum atomic E-state index is 13.5. The van der Waals surface area contributed by atoms with Crippen molar-refractivity contribution in [3.05, 3.63) is 93.3 Å². The Morgan fingerprint density at radius 2 is 1.77 bits per heavy atom. The Bertz CT molecular complexity index is 1820. The normalized spacial score (nSPS) is 17.4. The molecular weight excluding hydrogens is 516 g/mol. The second kappa shape index (κ2) is 9.07. The quantitative estimate of drug-likeness (QED) is 0.354. The van der Waals surface area contributed by atoms with Crippen LogP contribution < -0.4 is 10.2 Å². The van der Waals surface area contributed by atoms with Crippen LogP contribution in [0.1, 0.15) is 58.9 Å². The molecule has 8 nitrogen and oxygen atoms in total. The number of fused-ring (bicyclic) bond motifs is 2. The minimum atomic E-state index is -3.69. The molecule has 1 aliphatic heterocycles. The van der Waals surface area contributed by atoms with Gasteiger partial charge in [0.2, 0.25) is 15.5 Å². The molecule has 200 valence electrons. The topological polar surface area (TPSA) is 106 Å². The molecule has 1 N–H and O–H groups in total. The molecule has 6 rings (SSSR count). The molecular formula is C30H28N2O6S. The van der Waals surface area contributed by atoms with E-state index in [0.29, 0.717) is 16.7 Å². The Labute approximate surface area is 226 Å². The highest BCUT2D eigenvalue weighted by atomic mass is 32.2. The third-order valence-corrected chi connectivity index (χ3v) is 9.74. The van der Waals surface area contributed by atoms with Crippen LogP contribution in [0.2, 0.25) is 0 Å². The first-order valence-electron chi connectivity index (χ1n) is 12.8. The summed E-state index contributed by atoms with van der Waals surface area (Å²) in [5.41, 5.74) is 4.18. The Morgan fingerprint density at radius 1 is 1.05 bits per heavy atom. The van der Waals surface area contributed by atoms with E-state index in [-0.39, 0.29) is 29.1 Å². The summed E-state index contributed by atoms with van der Waals surface area (Å²) < 4.78 is 36.2. The predicted molar refractivity (Wildman–Crippen MR) is 148 cm³/mol. The SMILES string of the molecule is COc1c(-c2ccc3c(c2)CN(S(=O)(=O)c2ccc(C)cc2)C3C)ccc2c(=O)c(C(=O)O)cn(C3CC3)c12. The first-order valence-corrected chi connectivity index (χ1v) is 14.3. The van der Waals surface area contributed by atoms with Crippen molar-refractivity contribution >= 4 is 26.9 Å². The van der Waals surface area contributed by atoms with Gasteiger partial charge in [0.1, 0.15) is 5.56 Å². The first kappa shape index (κ1) is 25.3. The van der Waals surface area contributed by atoms with E-state index < -0.39 is 21.4 Å². The summed E-state index contributed by atoms with van der Waals surface area (Å²) in [4.78, 5) is 25.0. The summed E-state index contributed by atoms with van der Waals surface area (Å²) in [5, 5.41) is 9.89. The van der Waals surface area contributed by atoms with Crippen LogP contribution in [0.4, 0.5) is 0 Å². The second-order valence-electron chi connectivity index (χ2n) is 10.3. The number of aryl methyl sites for hydroxylation is 1. The van der Waals surface area contributed by atoms with Gasteiger partial charge < -0.3 is 14.4 Å². The average Bonchev–Trinajstić information content (AvgIpc) is 3.71. The molecule has 1 aromatic heterocycles. The summed E-state index contributed by atoms with van der Waals surface area (Å²) in [6.07, 6.45) is 3.22. The number of aromatic nitrogens is 1. The fraction of sp³-hybridized carbons (Fsp3) is 0.267. The van der Waals surface area contributed by atoms with Crippen molar-refractivity contribution in [2.75, 3.05) is 7.11 Å². The molecule has 1 aliphatic carbocycles. The van der Waals surface area contributed by atoms with Crippen molar-refractivity contribution in [3.8, 4) is 16.9 Å². The zero-order valence-electron chi connectivity index (χ0n) is 21.8. The van der Waals surface area contributed by atoms with Crippen LogP contribution in [0.25, 0.3) is 22.0 Å². The van der Waals surface area contributed by atoms with Crippen LogP contribution in [0.15, 0.2) is 70.5 Å². The fourth-order valence-corrected chi connectivity index (χ4v) is 7.15. The van der Waals surface area contributed by atoms with Gasteiger partial charge >= 0.3 is 5.97 Å². The number of aromatic carboxylic acids is 1. The van der Waals surface area contributed by atoms with Crippen molar-refractivity contribution in [2.45, 2.75) is 50.2 Å². The van der Waals surface area contributed by atoms with Gasteiger partial charge in [-0.05, 0) is 73.7 Å². The molecule has 0 amide bonds. The highest BCUT2D eigenvalue weighted by Crippen LogP contribution is 2.44. The largest absolute Gasteiger partial charge is 0.494 e. The molecule has 0 spiro atoms. The van der Waals surface area contributed by atoms with E-state index in [9.17, 15) is 23.1 Å². The van der Waals surface area contributed by atoms with Crippen LogP contribution >= 0.6 is 0 Å². The minimum absolute atomic E-state index is 0.108. The number of pyridine rings is 1. The lowest BCUT2D eigenvalue weighted by Crippen LogP contribution is -2.28. The van der Waals surface area contributed by atoms with Crippen molar-refractivity contribution in [1.29, 1.82) is 0 Å². The molecule has 1 fully saturated rings. The third kappa shape index (κ3) is 4.04. The number of carboxylic acid groups (broad SMARTS) is 1. The van der Waals surface area contributed by atoms with E-state index in [1.54, 1.807) is 36.4 Å². The molecule has 4 aromatic rings. The number of carbonyl (C=O) groups is 1. The molecule has 1 unspecified atom stereocenters. The van der Waals surface area contributed by atoms with E-state index in [1.807, 2.05) is 36.6 Å². The van der Waals surface area contributed by atoms with Crippen molar-refractivity contribution in [3.63, 3.8) is 0 Å². The molecule has 1 saturated carbocycles. The van der Waals surface area contributed by atoms with E-state index in [0.717, 1.165) is 40.7 Å². The van der Waals surface area contributed by atoms with Gasteiger partial charge in [0.05, 0.1) is 22.9 Å². The summed E-state index contributed by atoms with van der Waals surface area (Å²) in [6, 6.07) is 15.9. The van der Waals surface area contributed by atoms with Crippen LogP contribution in [-0.2, 0) is 16.6 Å². The Morgan fingerprint density at radius 3 is 2.41 bits per heavy atom. The monoisotopic (exact) mass is 544 g/mol. The zero-order chi connectivity index (χ0) is 27.6. The lowest BCUT2D eigenvalue weighted by atomic mass is 9.96. The predicted octanol–water partition coefficient (Wildman–Crippen LogP) is 5.28. The number of carboxylic acids is 1. The number of hydrogen-bond acceptors (Lipinski definition) is 5. The number of benzene rings is 3. The third-order valence-electron chi connectivity index (χ3n) is 7.81. The van der Waals surface area contributed by atoms with Crippen molar-refractivity contribution in [2.24, 2.45) is 0 Å². The Kier molecular flexibility index (Phi) is 5.89. The van der Waals surface area contributed by atoms with Gasteiger partial charge in [-0.1, -0.05) is 29.8 Å². The summed E-state index contributed by atoms with van der Waals surface area (Å²) >= 11 is 0. The molecule has 0 saturated heterocycles. The smallest absolute Gasteiger partial charge is 0.341 e. The summed E-state index contributed by atoms with van der Waals surface area (Å²) in [6.45, 7) is 4.05. The molecule has 2 aliphatic rings. The molecule has 1 atom stereocenters. The second-order valence-corrected chi connectivity index (χ2v) is 12.2. The lowest BCUT2D eigenvalue weighted by Gasteiger charge is -2.21. The molecule has 0 bridgehead atoms. The van der Waals surface area contributed by atoms with E-state index in [2.05, 4.69) is 0 Å². The van der Waals surface area contributed by atoms with E-state index >= 15 is 0 Å². The maximum absolute atomic E-state index is 13.5. The number of methoxy groups -OCH3 is 1. The van der Waals surface area contributed by atoms with Gasteiger partial charge in [0, 0.05) is 30.4 Å². The number of hydrogen-bond donors (Lipinski definition) is 1. The fourth-order valence-electron chi connectivity index (χ4n) is 5.56. The van der Waals surface area contributed by atoms with Crippen molar-refractivity contribution in [1.82, 2.24) is 8.87 Å². The van der Waals surface area contributed by atoms with Gasteiger partial charge in [-0.25, -0.2) is 13.2 Å². The standard InChI is InChI=1S/C30H28N2O6S/c1-17-4-9-22(10-5-17)39(36,37)32-15-20-14-19(6-11-23(20)18(32)2)24-12-13-25-27(29(24)38-3)31(21-7-8-21)16-26(28(25)33)30(34)35/h4-6,9-14,16,18,21H,7-8,15H2,1-3H3,(H,34,35). The molecule has 0 radical (unpaired) electrons. The van der Waals surface area contributed by atoms with E-state index in [4.69, 9.17) is 4.74 Å². The minimum Gasteiger partial charge on any atom is -0.494 e. The van der Waals surface area contributed by atoms with Crippen LogP contribution in [0.5, 0.6) is 5.75 Å². The molecule has 2 heterocycles. The number of sulfonamides is 1. The van der Waals surface area contributed by atoms with Gasteiger partial charge in [-0.2, -0.15) is 4.31 Å². The Hall–Kier alpha value is -3.95. The zero-order valence-corrected chi connectivity index (χ0v) is 22.7. The Balaban J connectivity index is 1.45. The van der Waals surface area contributed by atoms with Crippen LogP contribution in [-0.4, -0.2) is 35.5 Å². The molecule has 39 heavy (non-hydrogen) atoms. The highest BCUT2D eigenvalue weighted by Gasteiger charge is 2.37. The van der Waals surface area contributed by atoms with Crippen LogP contribution in [0.3, 0.4) is 0 Å². The number of nitrogens with zero attached hydrogens (tertiary/aromatic N) is 2.